The number of nitrogens with one attached hydrogen (secondary N) is 1. The number of fused-ring (bicyclic) bond motifs is 1. The van der Waals surface area contributed by atoms with Gasteiger partial charge in [0.1, 0.15) is 0 Å². The van der Waals surface area contributed by atoms with Crippen LogP contribution in [0.1, 0.15) is 58.8 Å². The Labute approximate surface area is 174 Å². The van der Waals surface area contributed by atoms with Crippen molar-refractivity contribution in [3.63, 3.8) is 0 Å². The van der Waals surface area contributed by atoms with Gasteiger partial charge in [-0.15, -0.1) is 0 Å². The van der Waals surface area contributed by atoms with Crippen molar-refractivity contribution in [3.05, 3.63) is 0 Å². The van der Waals surface area contributed by atoms with Crippen molar-refractivity contribution in [1.29, 1.82) is 0 Å². The molecule has 4 rings (SSSR count). The van der Waals surface area contributed by atoms with Gasteiger partial charge in [0.2, 0.25) is 15.9 Å². The summed E-state index contributed by atoms with van der Waals surface area (Å²) in [5, 5.41) is -0.558. The highest BCUT2D eigenvalue weighted by atomic mass is 32.2. The molecule has 3 atom stereocenters. The Morgan fingerprint density at radius 1 is 1.10 bits per heavy atom. The van der Waals surface area contributed by atoms with Crippen molar-refractivity contribution in [2.45, 2.75) is 75.6 Å². The highest BCUT2D eigenvalue weighted by Gasteiger charge is 2.51. The van der Waals surface area contributed by atoms with Crippen LogP contribution in [0.2, 0.25) is 0 Å². The first-order valence-electron chi connectivity index (χ1n) is 11.1. The van der Waals surface area contributed by atoms with E-state index in [1.54, 1.807) is 6.92 Å². The first-order chi connectivity index (χ1) is 13.7. The van der Waals surface area contributed by atoms with Crippen LogP contribution in [-0.4, -0.2) is 84.6 Å². The number of carbonyl (C=O) groups excluding carboxylic acids is 2. The van der Waals surface area contributed by atoms with Crippen LogP contribution in [0.3, 0.4) is 0 Å². The molecule has 2 aliphatic heterocycles. The summed E-state index contributed by atoms with van der Waals surface area (Å²) in [7, 11) is -3.47. The van der Waals surface area contributed by atoms with E-state index < -0.39 is 21.2 Å². The maximum absolute atomic E-state index is 13.0. The summed E-state index contributed by atoms with van der Waals surface area (Å²) >= 11 is 0. The lowest BCUT2D eigenvalue weighted by atomic mass is 9.80. The van der Waals surface area contributed by atoms with E-state index in [-0.39, 0.29) is 23.5 Å². The van der Waals surface area contributed by atoms with Crippen LogP contribution in [0.25, 0.3) is 0 Å². The SMILES string of the molecule is CCN1C(=O)C2CC(S(=O)(=O)NC3(C)CC3)CCC2N(CCN2CCCC2)C1=O. The second-order valence-electron chi connectivity index (χ2n) is 9.42. The Morgan fingerprint density at radius 3 is 2.41 bits per heavy atom. The summed E-state index contributed by atoms with van der Waals surface area (Å²) in [4.78, 5) is 31.5. The van der Waals surface area contributed by atoms with E-state index in [9.17, 15) is 18.0 Å². The molecule has 9 heteroatoms. The third kappa shape index (κ3) is 4.18. The third-order valence-electron chi connectivity index (χ3n) is 7.23. The molecule has 0 aromatic heterocycles. The summed E-state index contributed by atoms with van der Waals surface area (Å²) in [6, 6.07) is -0.383. The number of carbonyl (C=O) groups is 2. The van der Waals surface area contributed by atoms with Gasteiger partial charge in [0.05, 0.1) is 11.2 Å². The van der Waals surface area contributed by atoms with Gasteiger partial charge in [-0.1, -0.05) is 0 Å². The first-order valence-corrected chi connectivity index (χ1v) is 12.7. The molecular weight excluding hydrogens is 392 g/mol. The van der Waals surface area contributed by atoms with Crippen molar-refractivity contribution in [3.8, 4) is 0 Å². The minimum Gasteiger partial charge on any atom is -0.319 e. The van der Waals surface area contributed by atoms with E-state index in [1.807, 2.05) is 11.8 Å². The molecule has 8 nitrogen and oxygen atoms in total. The van der Waals surface area contributed by atoms with Gasteiger partial charge in [-0.25, -0.2) is 17.9 Å². The van der Waals surface area contributed by atoms with Gasteiger partial charge in [-0.3, -0.25) is 9.69 Å². The average Bonchev–Trinajstić information content (AvgIpc) is 3.17. The van der Waals surface area contributed by atoms with E-state index in [4.69, 9.17) is 0 Å². The molecule has 4 aliphatic rings. The van der Waals surface area contributed by atoms with Crippen molar-refractivity contribution >= 4 is 22.0 Å². The molecule has 0 aromatic rings. The Morgan fingerprint density at radius 2 is 1.79 bits per heavy atom. The van der Waals surface area contributed by atoms with E-state index in [2.05, 4.69) is 9.62 Å². The Hall–Kier alpha value is -1.19. The molecular formula is C20H34N4O4S. The molecule has 2 saturated carbocycles. The van der Waals surface area contributed by atoms with E-state index in [0.717, 1.165) is 32.5 Å². The number of amides is 3. The molecule has 1 N–H and O–H groups in total. The standard InChI is InChI=1S/C20H34N4O4S/c1-3-23-18(25)16-14-15(29(27,28)21-20(2)8-9-20)6-7-17(16)24(19(23)26)13-12-22-10-4-5-11-22/h15-17,21H,3-14H2,1-2H3. The zero-order chi connectivity index (χ0) is 20.8. The number of rotatable bonds is 7. The van der Waals surface area contributed by atoms with Crippen LogP contribution in [0.15, 0.2) is 0 Å². The maximum Gasteiger partial charge on any atom is 0.327 e. The largest absolute Gasteiger partial charge is 0.327 e. The quantitative estimate of drug-likeness (QED) is 0.664. The fourth-order valence-electron chi connectivity index (χ4n) is 5.15. The highest BCUT2D eigenvalue weighted by Crippen LogP contribution is 2.40. The van der Waals surface area contributed by atoms with Crippen molar-refractivity contribution in [1.82, 2.24) is 19.4 Å². The van der Waals surface area contributed by atoms with Crippen LogP contribution < -0.4 is 4.72 Å². The van der Waals surface area contributed by atoms with Gasteiger partial charge in [-0.2, -0.15) is 0 Å². The fraction of sp³-hybridized carbons (Fsp3) is 0.900. The molecule has 2 saturated heterocycles. The molecule has 4 fully saturated rings. The summed E-state index contributed by atoms with van der Waals surface area (Å²) < 4.78 is 28.6. The minimum absolute atomic E-state index is 0.177. The van der Waals surface area contributed by atoms with Crippen molar-refractivity contribution < 1.29 is 18.0 Å². The number of hydrogen-bond donors (Lipinski definition) is 1. The smallest absolute Gasteiger partial charge is 0.319 e. The molecule has 29 heavy (non-hydrogen) atoms. The van der Waals surface area contributed by atoms with Gasteiger partial charge in [0, 0.05) is 31.2 Å². The number of likely N-dealkylation sites (tertiary alicyclic amines) is 1. The van der Waals surface area contributed by atoms with E-state index >= 15 is 0 Å². The van der Waals surface area contributed by atoms with Crippen molar-refractivity contribution in [2.24, 2.45) is 5.92 Å². The van der Waals surface area contributed by atoms with Gasteiger partial charge in [0.25, 0.3) is 0 Å². The predicted molar refractivity (Wildman–Crippen MR) is 110 cm³/mol. The third-order valence-corrected chi connectivity index (χ3v) is 9.31. The van der Waals surface area contributed by atoms with E-state index in [1.165, 1.54) is 17.7 Å². The number of urea groups is 1. The highest BCUT2D eigenvalue weighted by molar-refractivity contribution is 7.90. The fourth-order valence-corrected chi connectivity index (χ4v) is 7.12. The maximum atomic E-state index is 13.0. The zero-order valence-electron chi connectivity index (χ0n) is 17.6. The van der Waals surface area contributed by atoms with Crippen LogP contribution >= 0.6 is 0 Å². The van der Waals surface area contributed by atoms with Gasteiger partial charge in [-0.05, 0) is 71.9 Å². The van der Waals surface area contributed by atoms with Crippen LogP contribution in [0, 0.1) is 5.92 Å². The number of nitrogens with zero attached hydrogens (tertiary/aromatic N) is 3. The normalized spacial score (nSPS) is 32.6. The summed E-state index contributed by atoms with van der Waals surface area (Å²) in [5.74, 6) is -0.619. The van der Waals surface area contributed by atoms with E-state index in [0.29, 0.717) is 32.4 Å². The molecule has 164 valence electrons. The molecule has 3 unspecified atom stereocenters. The van der Waals surface area contributed by atoms with Gasteiger partial charge >= 0.3 is 6.03 Å². The van der Waals surface area contributed by atoms with Gasteiger partial charge in [0.15, 0.2) is 0 Å². The Kier molecular flexibility index (Phi) is 5.67. The zero-order valence-corrected chi connectivity index (χ0v) is 18.4. The number of hydrogen-bond acceptors (Lipinski definition) is 5. The Balaban J connectivity index is 1.49. The lowest BCUT2D eigenvalue weighted by molar-refractivity contribution is -0.140. The summed E-state index contributed by atoms with van der Waals surface area (Å²) in [6.45, 7) is 7.63. The van der Waals surface area contributed by atoms with Crippen LogP contribution in [-0.2, 0) is 14.8 Å². The molecule has 0 aromatic carbocycles. The molecule has 0 spiro atoms. The lowest BCUT2D eigenvalue weighted by Crippen LogP contribution is -2.64. The molecule has 2 aliphatic carbocycles. The average molecular weight is 427 g/mol. The second kappa shape index (κ2) is 7.81. The second-order valence-corrected chi connectivity index (χ2v) is 11.4. The molecule has 2 heterocycles. The first kappa shape index (κ1) is 21.1. The minimum atomic E-state index is -3.47. The van der Waals surface area contributed by atoms with Crippen LogP contribution in [0.5, 0.6) is 0 Å². The predicted octanol–water partition coefficient (Wildman–Crippen LogP) is 1.38. The number of imide groups is 1. The van der Waals surface area contributed by atoms with Crippen molar-refractivity contribution in [2.75, 3.05) is 32.7 Å². The number of sulfonamides is 1. The van der Waals surface area contributed by atoms with Gasteiger partial charge < -0.3 is 9.80 Å². The lowest BCUT2D eigenvalue weighted by Gasteiger charge is -2.48. The molecule has 3 amide bonds. The monoisotopic (exact) mass is 426 g/mol. The Bertz CT molecular complexity index is 760. The van der Waals surface area contributed by atoms with Crippen LogP contribution in [0.4, 0.5) is 4.79 Å². The molecule has 0 radical (unpaired) electrons. The topological polar surface area (TPSA) is 90.0 Å². The molecule has 0 bridgehead atoms. The summed E-state index contributed by atoms with van der Waals surface area (Å²) in [5.41, 5.74) is -0.306. The summed E-state index contributed by atoms with van der Waals surface area (Å²) in [6.07, 6.45) is 5.51.